The molecule has 19 heavy (non-hydrogen) atoms. The van der Waals surface area contributed by atoms with Crippen LogP contribution in [0, 0.1) is 0 Å². The van der Waals surface area contributed by atoms with Crippen LogP contribution in [0.5, 0.6) is 0 Å². The molecule has 0 saturated carbocycles. The van der Waals surface area contributed by atoms with Gasteiger partial charge in [-0.05, 0) is 5.56 Å². The van der Waals surface area contributed by atoms with Gasteiger partial charge in [-0.25, -0.2) is 4.98 Å². The van der Waals surface area contributed by atoms with E-state index in [1.165, 1.54) is 11.3 Å². The average Bonchev–Trinajstić information content (AvgIpc) is 2.88. The Labute approximate surface area is 114 Å². The number of nitrogens with two attached hydrogens (primary N) is 1. The molecule has 1 aromatic carbocycles. The van der Waals surface area contributed by atoms with Gasteiger partial charge in [0.15, 0.2) is 0 Å². The van der Waals surface area contributed by atoms with E-state index in [1.54, 1.807) is 12.5 Å². The Bertz CT molecular complexity index is 583. The molecule has 0 aliphatic heterocycles. The summed E-state index contributed by atoms with van der Waals surface area (Å²) in [6.07, 6.45) is 0. The fourth-order valence-corrected chi connectivity index (χ4v) is 2.61. The van der Waals surface area contributed by atoms with Gasteiger partial charge in [-0.1, -0.05) is 24.3 Å². The minimum atomic E-state index is -1.08. The lowest BCUT2D eigenvalue weighted by atomic mass is 10.1. The van der Waals surface area contributed by atoms with Crippen molar-refractivity contribution in [2.75, 3.05) is 7.11 Å². The minimum Gasteiger partial charge on any atom is -0.480 e. The third kappa shape index (κ3) is 2.98. The van der Waals surface area contributed by atoms with E-state index in [4.69, 9.17) is 15.6 Å². The van der Waals surface area contributed by atoms with Crippen LogP contribution in [-0.4, -0.2) is 23.2 Å². The van der Waals surface area contributed by atoms with E-state index in [9.17, 15) is 4.79 Å². The summed E-state index contributed by atoms with van der Waals surface area (Å²) in [6, 6.07) is 6.64. The number of carbonyl (C=O) groups is 1. The monoisotopic (exact) mass is 278 g/mol. The Morgan fingerprint density at radius 2 is 2.26 bits per heavy atom. The number of carboxylic acids is 1. The minimum absolute atomic E-state index is 0.375. The standard InChI is InChI=1S/C13H14N2O3S/c1-18-6-8-4-2-3-5-9(8)12-15-10(7-19-12)11(14)13(16)17/h2-5,7,11H,6,14H2,1H3,(H,16,17). The fourth-order valence-electron chi connectivity index (χ4n) is 1.69. The molecule has 100 valence electrons. The van der Waals surface area contributed by atoms with Crippen molar-refractivity contribution in [3.63, 3.8) is 0 Å². The van der Waals surface area contributed by atoms with Crippen LogP contribution in [-0.2, 0) is 16.1 Å². The van der Waals surface area contributed by atoms with Crippen LogP contribution in [0.15, 0.2) is 29.6 Å². The topological polar surface area (TPSA) is 85.4 Å². The molecule has 0 saturated heterocycles. The highest BCUT2D eigenvalue weighted by atomic mass is 32.1. The molecule has 3 N–H and O–H groups in total. The first-order chi connectivity index (χ1) is 9.13. The van der Waals surface area contributed by atoms with E-state index in [0.29, 0.717) is 12.3 Å². The number of hydrogen-bond acceptors (Lipinski definition) is 5. The molecule has 0 amide bonds. The molecule has 1 atom stereocenters. The Balaban J connectivity index is 2.35. The maximum Gasteiger partial charge on any atom is 0.326 e. The van der Waals surface area contributed by atoms with Gasteiger partial charge in [-0.2, -0.15) is 0 Å². The van der Waals surface area contributed by atoms with Crippen molar-refractivity contribution in [1.29, 1.82) is 0 Å². The van der Waals surface area contributed by atoms with Gasteiger partial charge in [0.1, 0.15) is 11.0 Å². The zero-order chi connectivity index (χ0) is 13.8. The Morgan fingerprint density at radius 1 is 1.53 bits per heavy atom. The van der Waals surface area contributed by atoms with Crippen molar-refractivity contribution in [2.45, 2.75) is 12.6 Å². The number of rotatable bonds is 5. The highest BCUT2D eigenvalue weighted by Crippen LogP contribution is 2.29. The second-order valence-corrected chi connectivity index (χ2v) is 4.84. The summed E-state index contributed by atoms with van der Waals surface area (Å²) in [4.78, 5) is 15.1. The molecular weight excluding hydrogens is 264 g/mol. The van der Waals surface area contributed by atoms with Crippen LogP contribution in [0.4, 0.5) is 0 Å². The molecule has 0 aliphatic rings. The van der Waals surface area contributed by atoms with Crippen LogP contribution < -0.4 is 5.73 Å². The van der Waals surface area contributed by atoms with E-state index >= 15 is 0 Å². The lowest BCUT2D eigenvalue weighted by Gasteiger charge is -2.06. The molecule has 0 bridgehead atoms. The maximum absolute atomic E-state index is 10.8. The van der Waals surface area contributed by atoms with Gasteiger partial charge in [0.2, 0.25) is 0 Å². The van der Waals surface area contributed by atoms with Crippen LogP contribution in [0.25, 0.3) is 10.6 Å². The summed E-state index contributed by atoms with van der Waals surface area (Å²) in [7, 11) is 1.63. The number of carboxylic acid groups (broad SMARTS) is 1. The van der Waals surface area contributed by atoms with E-state index in [1.807, 2.05) is 24.3 Å². The van der Waals surface area contributed by atoms with Gasteiger partial charge in [0.05, 0.1) is 12.3 Å². The molecule has 2 rings (SSSR count). The third-order valence-corrected chi connectivity index (χ3v) is 3.55. The number of thiazole rings is 1. The fraction of sp³-hybridized carbons (Fsp3) is 0.231. The highest BCUT2D eigenvalue weighted by Gasteiger charge is 2.18. The first-order valence-electron chi connectivity index (χ1n) is 5.64. The Kier molecular flexibility index (Phi) is 4.26. The van der Waals surface area contributed by atoms with Crippen LogP contribution in [0.2, 0.25) is 0 Å². The lowest BCUT2D eigenvalue weighted by Crippen LogP contribution is -2.20. The van der Waals surface area contributed by atoms with Gasteiger partial charge in [-0.15, -0.1) is 11.3 Å². The van der Waals surface area contributed by atoms with Crippen LogP contribution >= 0.6 is 11.3 Å². The molecule has 1 unspecified atom stereocenters. The largest absolute Gasteiger partial charge is 0.480 e. The van der Waals surface area contributed by atoms with Crippen LogP contribution in [0.3, 0.4) is 0 Å². The van der Waals surface area contributed by atoms with E-state index in [2.05, 4.69) is 4.98 Å². The van der Waals surface area contributed by atoms with E-state index in [0.717, 1.165) is 16.1 Å². The summed E-state index contributed by atoms with van der Waals surface area (Å²) >= 11 is 1.38. The number of nitrogens with zero attached hydrogens (tertiary/aromatic N) is 1. The van der Waals surface area contributed by atoms with E-state index < -0.39 is 12.0 Å². The maximum atomic E-state index is 10.8. The molecule has 0 fully saturated rings. The molecule has 0 aliphatic carbocycles. The molecule has 5 nitrogen and oxygen atoms in total. The number of hydrogen-bond donors (Lipinski definition) is 2. The molecule has 0 radical (unpaired) electrons. The first-order valence-corrected chi connectivity index (χ1v) is 6.52. The Hall–Kier alpha value is -1.76. The highest BCUT2D eigenvalue weighted by molar-refractivity contribution is 7.13. The van der Waals surface area contributed by atoms with Crippen molar-refractivity contribution in [2.24, 2.45) is 5.73 Å². The molecular formula is C13H14N2O3S. The normalized spacial score (nSPS) is 12.3. The van der Waals surface area contributed by atoms with Crippen molar-refractivity contribution >= 4 is 17.3 Å². The summed E-state index contributed by atoms with van der Waals surface area (Å²) < 4.78 is 5.14. The number of ether oxygens (including phenoxy) is 1. The number of aliphatic carboxylic acids is 1. The first kappa shape index (κ1) is 13.7. The van der Waals surface area contributed by atoms with Crippen molar-refractivity contribution in [3.05, 3.63) is 40.9 Å². The predicted octanol–water partition coefficient (Wildman–Crippen LogP) is 2.04. The molecule has 2 aromatic rings. The number of benzene rings is 1. The van der Waals surface area contributed by atoms with Gasteiger partial charge in [0, 0.05) is 18.1 Å². The van der Waals surface area contributed by atoms with Crippen LogP contribution in [0.1, 0.15) is 17.3 Å². The summed E-state index contributed by atoms with van der Waals surface area (Å²) in [5.41, 5.74) is 7.87. The van der Waals surface area contributed by atoms with Crippen molar-refractivity contribution in [3.8, 4) is 10.6 Å². The lowest BCUT2D eigenvalue weighted by molar-refractivity contribution is -0.138. The molecule has 1 heterocycles. The van der Waals surface area contributed by atoms with Gasteiger partial charge >= 0.3 is 5.97 Å². The van der Waals surface area contributed by atoms with E-state index in [-0.39, 0.29) is 0 Å². The van der Waals surface area contributed by atoms with Gasteiger partial charge in [0.25, 0.3) is 0 Å². The third-order valence-electron chi connectivity index (χ3n) is 2.65. The molecule has 1 aromatic heterocycles. The summed E-state index contributed by atoms with van der Waals surface area (Å²) in [5, 5.41) is 11.3. The quantitative estimate of drug-likeness (QED) is 0.874. The number of methoxy groups -OCH3 is 1. The zero-order valence-corrected chi connectivity index (χ0v) is 11.2. The zero-order valence-electron chi connectivity index (χ0n) is 10.4. The van der Waals surface area contributed by atoms with Crippen molar-refractivity contribution < 1.29 is 14.6 Å². The average molecular weight is 278 g/mol. The smallest absolute Gasteiger partial charge is 0.326 e. The van der Waals surface area contributed by atoms with Crippen molar-refractivity contribution in [1.82, 2.24) is 4.98 Å². The summed E-state index contributed by atoms with van der Waals surface area (Å²) in [6.45, 7) is 0.482. The van der Waals surface area contributed by atoms with Gasteiger partial charge in [-0.3, -0.25) is 4.79 Å². The van der Waals surface area contributed by atoms with Gasteiger partial charge < -0.3 is 15.6 Å². The number of aromatic nitrogens is 1. The molecule has 6 heteroatoms. The summed E-state index contributed by atoms with van der Waals surface area (Å²) in [5.74, 6) is -1.08. The SMILES string of the molecule is COCc1ccccc1-c1nc(C(N)C(=O)O)cs1. The Morgan fingerprint density at radius 3 is 2.95 bits per heavy atom. The second kappa shape index (κ2) is 5.92. The molecule has 0 spiro atoms. The second-order valence-electron chi connectivity index (χ2n) is 3.98. The predicted molar refractivity (Wildman–Crippen MR) is 72.8 cm³/mol.